The monoisotopic (exact) mass is 477 g/mol. The molecule has 0 aromatic heterocycles. The Morgan fingerprint density at radius 2 is 1.67 bits per heavy atom. The summed E-state index contributed by atoms with van der Waals surface area (Å²) in [4.78, 5) is 45.5. The van der Waals surface area contributed by atoms with Gasteiger partial charge in [0, 0.05) is 28.5 Å². The van der Waals surface area contributed by atoms with Crippen LogP contribution < -0.4 is 10.6 Å². The number of rotatable bonds is 3. The number of nitrogens with zero attached hydrogens (tertiary/aromatic N) is 1. The molecular formula is C30H27N3O3. The zero-order chi connectivity index (χ0) is 24.7. The minimum Gasteiger partial charge on any atom is -0.325 e. The first-order valence-electron chi connectivity index (χ1n) is 12.8. The molecule has 0 aliphatic carbocycles. The molecule has 6 nitrogen and oxygen atoms in total. The van der Waals surface area contributed by atoms with Crippen LogP contribution in [0.5, 0.6) is 0 Å². The number of aryl methyl sites for hydroxylation is 1. The standard InChI is InChI=1S/C30H27N3O3/c1-2-18-12-8-14-21-25(18)32-28(36)30(21)29(20-13-6-7-15-22(20)31-27(29)35)24(23-16-9-17-33(23)30)26(34)19-10-4-3-5-11-19/h3-8,10-15,23-24H,2,9,16-17H2,1H3,(H,31,35)(H,32,36)/t23-,24+,29+,30-/m1/s1. The normalized spacial score (nSPS) is 29.8. The van der Waals surface area contributed by atoms with Crippen LogP contribution in [0.3, 0.4) is 0 Å². The summed E-state index contributed by atoms with van der Waals surface area (Å²) in [6, 6.07) is 22.6. The molecule has 3 aromatic carbocycles. The van der Waals surface area contributed by atoms with E-state index >= 15 is 0 Å². The highest BCUT2D eigenvalue weighted by atomic mass is 16.2. The molecule has 3 aromatic rings. The lowest BCUT2D eigenvalue weighted by atomic mass is 9.57. The van der Waals surface area contributed by atoms with Gasteiger partial charge in [0.25, 0.3) is 5.91 Å². The predicted octanol–water partition coefficient (Wildman–Crippen LogP) is 4.26. The number of benzene rings is 3. The Bertz CT molecular complexity index is 1450. The van der Waals surface area contributed by atoms with Crippen molar-refractivity contribution in [3.05, 3.63) is 95.1 Å². The van der Waals surface area contributed by atoms with Crippen molar-refractivity contribution in [3.63, 3.8) is 0 Å². The van der Waals surface area contributed by atoms with Crippen LogP contribution in [0.2, 0.25) is 0 Å². The van der Waals surface area contributed by atoms with E-state index in [1.807, 2.05) is 72.8 Å². The van der Waals surface area contributed by atoms with Gasteiger partial charge >= 0.3 is 0 Å². The fourth-order valence-electron chi connectivity index (χ4n) is 7.74. The third-order valence-electron chi connectivity index (χ3n) is 8.94. The summed E-state index contributed by atoms with van der Waals surface area (Å²) >= 11 is 0. The lowest BCUT2D eigenvalue weighted by Crippen LogP contribution is -2.62. The zero-order valence-corrected chi connectivity index (χ0v) is 20.1. The zero-order valence-electron chi connectivity index (χ0n) is 20.1. The largest absolute Gasteiger partial charge is 0.325 e. The number of anilines is 2. The maximum Gasteiger partial charge on any atom is 0.251 e. The summed E-state index contributed by atoms with van der Waals surface area (Å²) in [5, 5.41) is 6.28. The van der Waals surface area contributed by atoms with Crippen LogP contribution in [0.15, 0.2) is 72.8 Å². The third-order valence-corrected chi connectivity index (χ3v) is 8.94. The quantitative estimate of drug-likeness (QED) is 0.553. The molecule has 180 valence electrons. The first-order chi connectivity index (χ1) is 17.6. The molecule has 2 spiro atoms. The Balaban J connectivity index is 1.60. The van der Waals surface area contributed by atoms with Crippen molar-refractivity contribution in [1.82, 2.24) is 4.90 Å². The predicted molar refractivity (Wildman–Crippen MR) is 137 cm³/mol. The van der Waals surface area contributed by atoms with E-state index in [1.54, 1.807) is 0 Å². The fourth-order valence-corrected chi connectivity index (χ4v) is 7.74. The second kappa shape index (κ2) is 7.37. The number of nitrogens with one attached hydrogen (secondary N) is 2. The fraction of sp³-hybridized carbons (Fsp3) is 0.300. The minimum absolute atomic E-state index is 0.0795. The van der Waals surface area contributed by atoms with Gasteiger partial charge in [-0.1, -0.05) is 73.7 Å². The van der Waals surface area contributed by atoms with Gasteiger partial charge in [0.15, 0.2) is 5.78 Å². The third kappa shape index (κ3) is 2.29. The van der Waals surface area contributed by atoms with Gasteiger partial charge in [-0.15, -0.1) is 0 Å². The maximum absolute atomic E-state index is 14.4. The molecule has 2 fully saturated rings. The molecule has 2 N–H and O–H groups in total. The average Bonchev–Trinajstić information content (AvgIpc) is 3.62. The molecule has 4 aliphatic rings. The number of para-hydroxylation sites is 2. The van der Waals surface area contributed by atoms with E-state index in [2.05, 4.69) is 22.5 Å². The van der Waals surface area contributed by atoms with E-state index < -0.39 is 16.9 Å². The highest BCUT2D eigenvalue weighted by molar-refractivity contribution is 6.21. The molecule has 36 heavy (non-hydrogen) atoms. The highest BCUT2D eigenvalue weighted by Crippen LogP contribution is 2.68. The second-order valence-electron chi connectivity index (χ2n) is 10.3. The smallest absolute Gasteiger partial charge is 0.251 e. The van der Waals surface area contributed by atoms with Crippen molar-refractivity contribution in [2.75, 3.05) is 17.2 Å². The van der Waals surface area contributed by atoms with E-state index in [0.717, 1.165) is 41.6 Å². The average molecular weight is 478 g/mol. The molecule has 7 rings (SSSR count). The Hall–Kier alpha value is -3.77. The van der Waals surface area contributed by atoms with Crippen LogP contribution in [0.4, 0.5) is 11.4 Å². The van der Waals surface area contributed by atoms with E-state index in [4.69, 9.17) is 0 Å². The Kier molecular flexibility index (Phi) is 4.40. The molecule has 0 unspecified atom stereocenters. The SMILES string of the molecule is CCc1cccc2c1NC(=O)[C@]21N2CCC[C@@H]2[C@@H](C(=O)c2ccccc2)[C@@]12C(=O)Nc1ccccc12. The Morgan fingerprint density at radius 1 is 0.917 bits per heavy atom. The van der Waals surface area contributed by atoms with Crippen molar-refractivity contribution < 1.29 is 14.4 Å². The number of carbonyl (C=O) groups is 3. The number of carbonyl (C=O) groups excluding carboxylic acids is 3. The lowest BCUT2D eigenvalue weighted by Gasteiger charge is -2.43. The molecule has 0 radical (unpaired) electrons. The lowest BCUT2D eigenvalue weighted by molar-refractivity contribution is -0.137. The van der Waals surface area contributed by atoms with Crippen molar-refractivity contribution in [1.29, 1.82) is 0 Å². The van der Waals surface area contributed by atoms with Crippen LogP contribution in [0.25, 0.3) is 0 Å². The first-order valence-corrected chi connectivity index (χ1v) is 12.8. The van der Waals surface area contributed by atoms with Crippen LogP contribution in [0.1, 0.15) is 46.8 Å². The topological polar surface area (TPSA) is 78.5 Å². The Labute approximate surface area is 209 Å². The molecule has 4 aliphatic heterocycles. The van der Waals surface area contributed by atoms with Crippen molar-refractivity contribution >= 4 is 29.0 Å². The van der Waals surface area contributed by atoms with Gasteiger partial charge in [-0.05, 0) is 43.0 Å². The Morgan fingerprint density at radius 3 is 2.47 bits per heavy atom. The summed E-state index contributed by atoms with van der Waals surface area (Å²) in [5.74, 6) is -1.25. The van der Waals surface area contributed by atoms with E-state index in [0.29, 0.717) is 17.8 Å². The van der Waals surface area contributed by atoms with Gasteiger partial charge in [-0.3, -0.25) is 19.3 Å². The maximum atomic E-state index is 14.4. The summed E-state index contributed by atoms with van der Waals surface area (Å²) < 4.78 is 0. The molecule has 0 saturated carbocycles. The van der Waals surface area contributed by atoms with E-state index in [9.17, 15) is 14.4 Å². The van der Waals surface area contributed by atoms with Gasteiger partial charge in [0.05, 0.1) is 5.92 Å². The molecule has 4 atom stereocenters. The molecule has 6 heteroatoms. The molecule has 0 bridgehead atoms. The van der Waals surface area contributed by atoms with Crippen LogP contribution in [-0.4, -0.2) is 35.1 Å². The van der Waals surface area contributed by atoms with Gasteiger partial charge < -0.3 is 10.6 Å². The number of ketones is 1. The van der Waals surface area contributed by atoms with Crippen molar-refractivity contribution in [3.8, 4) is 0 Å². The number of fused-ring (bicyclic) bond motifs is 7. The van der Waals surface area contributed by atoms with E-state index in [-0.39, 0.29) is 23.6 Å². The number of hydrogen-bond acceptors (Lipinski definition) is 4. The van der Waals surface area contributed by atoms with Gasteiger partial charge in [-0.25, -0.2) is 0 Å². The summed E-state index contributed by atoms with van der Waals surface area (Å²) in [6.45, 7) is 2.72. The minimum atomic E-state index is -1.39. The van der Waals surface area contributed by atoms with Crippen LogP contribution >= 0.6 is 0 Å². The number of Topliss-reactive ketones (excluding diaryl/α,β-unsaturated/α-hetero) is 1. The van der Waals surface area contributed by atoms with Gasteiger partial charge in [-0.2, -0.15) is 0 Å². The van der Waals surface area contributed by atoms with Crippen LogP contribution in [0, 0.1) is 5.92 Å². The van der Waals surface area contributed by atoms with Crippen molar-refractivity contribution in [2.45, 2.75) is 43.2 Å². The first kappa shape index (κ1) is 21.5. The summed E-state index contributed by atoms with van der Waals surface area (Å²) in [6.07, 6.45) is 2.39. The van der Waals surface area contributed by atoms with Gasteiger partial charge in [0.2, 0.25) is 5.91 Å². The summed E-state index contributed by atoms with van der Waals surface area (Å²) in [7, 11) is 0. The van der Waals surface area contributed by atoms with Gasteiger partial charge in [0.1, 0.15) is 11.0 Å². The second-order valence-corrected chi connectivity index (χ2v) is 10.3. The molecule has 2 saturated heterocycles. The van der Waals surface area contributed by atoms with Crippen LogP contribution in [-0.2, 0) is 27.0 Å². The molecule has 2 amide bonds. The number of amides is 2. The summed E-state index contributed by atoms with van der Waals surface area (Å²) in [5.41, 5.74) is 1.94. The van der Waals surface area contributed by atoms with Crippen molar-refractivity contribution in [2.24, 2.45) is 5.92 Å². The number of hydrogen-bond donors (Lipinski definition) is 2. The molecule has 4 heterocycles. The molecular weight excluding hydrogens is 450 g/mol. The highest BCUT2D eigenvalue weighted by Gasteiger charge is 2.81. The van der Waals surface area contributed by atoms with E-state index in [1.165, 1.54) is 0 Å².